The van der Waals surface area contributed by atoms with Crippen LogP contribution < -0.4 is 5.32 Å². The normalized spacial score (nSPS) is 15.4. The Morgan fingerprint density at radius 1 is 1.28 bits per heavy atom. The van der Waals surface area contributed by atoms with Crippen molar-refractivity contribution in [2.75, 3.05) is 13.1 Å². The quantitative estimate of drug-likeness (QED) is 0.837. The number of likely N-dealkylation sites (tertiary alicyclic amines) is 1. The van der Waals surface area contributed by atoms with Gasteiger partial charge in [0, 0.05) is 32.1 Å². The van der Waals surface area contributed by atoms with Crippen molar-refractivity contribution in [2.45, 2.75) is 38.6 Å². The number of benzene rings is 1. The van der Waals surface area contributed by atoms with Crippen LogP contribution in [0.25, 0.3) is 5.69 Å². The molecule has 0 bridgehead atoms. The standard InChI is InChI=1S/C19H24N4O2/c1-2-17(22-13-6-9-18(22)24)19(25)20-12-10-15-11-14-23(21-15)16-7-4-3-5-8-16/h3-5,7-8,11,14,17H,2,6,9-10,12-13H2,1H3,(H,20,25)/t17-/m0/s1. The molecule has 1 aliphatic heterocycles. The minimum atomic E-state index is -0.350. The van der Waals surface area contributed by atoms with E-state index in [2.05, 4.69) is 10.4 Å². The summed E-state index contributed by atoms with van der Waals surface area (Å²) in [6.07, 6.45) is 4.63. The number of hydrogen-bond donors (Lipinski definition) is 1. The van der Waals surface area contributed by atoms with Crippen LogP contribution in [0.4, 0.5) is 0 Å². The van der Waals surface area contributed by atoms with Crippen LogP contribution in [0.1, 0.15) is 31.9 Å². The lowest BCUT2D eigenvalue weighted by Gasteiger charge is -2.25. The van der Waals surface area contributed by atoms with E-state index >= 15 is 0 Å². The molecule has 0 saturated carbocycles. The third kappa shape index (κ3) is 4.07. The van der Waals surface area contributed by atoms with E-state index in [1.54, 1.807) is 4.90 Å². The highest BCUT2D eigenvalue weighted by Gasteiger charge is 2.31. The van der Waals surface area contributed by atoms with Crippen LogP contribution in [-0.2, 0) is 16.0 Å². The molecule has 1 aromatic heterocycles. The van der Waals surface area contributed by atoms with Gasteiger partial charge in [-0.1, -0.05) is 25.1 Å². The van der Waals surface area contributed by atoms with Gasteiger partial charge in [0.05, 0.1) is 11.4 Å². The molecule has 25 heavy (non-hydrogen) atoms. The summed E-state index contributed by atoms with van der Waals surface area (Å²) in [6.45, 7) is 3.15. The van der Waals surface area contributed by atoms with Gasteiger partial charge in [-0.2, -0.15) is 5.10 Å². The lowest BCUT2D eigenvalue weighted by atomic mass is 10.2. The monoisotopic (exact) mass is 340 g/mol. The summed E-state index contributed by atoms with van der Waals surface area (Å²) in [5.41, 5.74) is 1.94. The Morgan fingerprint density at radius 3 is 2.76 bits per heavy atom. The maximum Gasteiger partial charge on any atom is 0.242 e. The van der Waals surface area contributed by atoms with Gasteiger partial charge in [-0.25, -0.2) is 4.68 Å². The van der Waals surface area contributed by atoms with Gasteiger partial charge in [-0.3, -0.25) is 9.59 Å². The maximum absolute atomic E-state index is 12.4. The summed E-state index contributed by atoms with van der Waals surface area (Å²) in [6, 6.07) is 11.5. The van der Waals surface area contributed by atoms with Crippen LogP contribution in [0.2, 0.25) is 0 Å². The zero-order valence-electron chi connectivity index (χ0n) is 14.5. The lowest BCUT2D eigenvalue weighted by molar-refractivity contribution is -0.137. The Labute approximate surface area is 147 Å². The predicted molar refractivity (Wildman–Crippen MR) is 95.3 cm³/mol. The van der Waals surface area contributed by atoms with Crippen LogP contribution >= 0.6 is 0 Å². The van der Waals surface area contributed by atoms with Crippen molar-refractivity contribution < 1.29 is 9.59 Å². The van der Waals surface area contributed by atoms with Gasteiger partial charge in [0.1, 0.15) is 6.04 Å². The van der Waals surface area contributed by atoms with Crippen molar-refractivity contribution in [3.8, 4) is 5.69 Å². The summed E-state index contributed by atoms with van der Waals surface area (Å²) >= 11 is 0. The van der Waals surface area contributed by atoms with E-state index in [-0.39, 0.29) is 17.9 Å². The summed E-state index contributed by atoms with van der Waals surface area (Å²) in [4.78, 5) is 25.9. The fourth-order valence-corrected chi connectivity index (χ4v) is 3.20. The second-order valence-corrected chi connectivity index (χ2v) is 6.24. The van der Waals surface area contributed by atoms with Crippen molar-refractivity contribution in [3.05, 3.63) is 48.3 Å². The third-order valence-corrected chi connectivity index (χ3v) is 4.52. The molecule has 0 aliphatic carbocycles. The molecule has 1 N–H and O–H groups in total. The molecule has 0 radical (unpaired) electrons. The Balaban J connectivity index is 1.51. The molecule has 2 heterocycles. The average molecular weight is 340 g/mol. The third-order valence-electron chi connectivity index (χ3n) is 4.52. The van der Waals surface area contributed by atoms with Crippen LogP contribution in [0, 0.1) is 0 Å². The molecule has 3 rings (SSSR count). The van der Waals surface area contributed by atoms with Crippen molar-refractivity contribution in [2.24, 2.45) is 0 Å². The highest BCUT2D eigenvalue weighted by atomic mass is 16.2. The molecule has 1 aromatic carbocycles. The molecule has 6 nitrogen and oxygen atoms in total. The second kappa shape index (κ2) is 7.96. The molecule has 6 heteroatoms. The Hall–Kier alpha value is -2.63. The molecule has 0 unspecified atom stereocenters. The zero-order chi connectivity index (χ0) is 17.6. The molecule has 0 spiro atoms. The van der Waals surface area contributed by atoms with E-state index in [0.717, 1.165) is 17.8 Å². The summed E-state index contributed by atoms with van der Waals surface area (Å²) in [5.74, 6) is 0.0175. The topological polar surface area (TPSA) is 67.2 Å². The lowest BCUT2D eigenvalue weighted by Crippen LogP contribution is -2.47. The zero-order valence-corrected chi connectivity index (χ0v) is 14.5. The van der Waals surface area contributed by atoms with Gasteiger partial charge in [-0.15, -0.1) is 0 Å². The van der Waals surface area contributed by atoms with Crippen LogP contribution in [0.3, 0.4) is 0 Å². The number of para-hydroxylation sites is 1. The van der Waals surface area contributed by atoms with E-state index in [0.29, 0.717) is 32.4 Å². The number of nitrogens with zero attached hydrogens (tertiary/aromatic N) is 3. The fraction of sp³-hybridized carbons (Fsp3) is 0.421. The number of hydrogen-bond acceptors (Lipinski definition) is 3. The van der Waals surface area contributed by atoms with Crippen molar-refractivity contribution in [3.63, 3.8) is 0 Å². The van der Waals surface area contributed by atoms with Gasteiger partial charge in [0.25, 0.3) is 0 Å². The van der Waals surface area contributed by atoms with Crippen LogP contribution in [0.5, 0.6) is 0 Å². The highest BCUT2D eigenvalue weighted by Crippen LogP contribution is 2.16. The van der Waals surface area contributed by atoms with E-state index in [1.807, 2.05) is 54.2 Å². The van der Waals surface area contributed by atoms with E-state index in [9.17, 15) is 9.59 Å². The molecule has 1 saturated heterocycles. The number of aromatic nitrogens is 2. The first-order chi connectivity index (χ1) is 12.2. The van der Waals surface area contributed by atoms with Gasteiger partial charge in [0.15, 0.2) is 0 Å². The second-order valence-electron chi connectivity index (χ2n) is 6.24. The number of amides is 2. The molecular weight excluding hydrogens is 316 g/mol. The maximum atomic E-state index is 12.4. The average Bonchev–Trinajstić information content (AvgIpc) is 3.26. The molecule has 1 atom stereocenters. The molecule has 132 valence electrons. The van der Waals surface area contributed by atoms with Crippen molar-refractivity contribution in [1.82, 2.24) is 20.0 Å². The van der Waals surface area contributed by atoms with Crippen LogP contribution in [-0.4, -0.2) is 45.6 Å². The summed E-state index contributed by atoms with van der Waals surface area (Å²) in [5, 5.41) is 7.48. The Bertz CT molecular complexity index is 726. The molecule has 2 aromatic rings. The summed E-state index contributed by atoms with van der Waals surface area (Å²) in [7, 11) is 0. The number of rotatable bonds is 7. The largest absolute Gasteiger partial charge is 0.354 e. The number of carbonyl (C=O) groups excluding carboxylic acids is 2. The summed E-state index contributed by atoms with van der Waals surface area (Å²) < 4.78 is 1.83. The number of carbonyl (C=O) groups is 2. The van der Waals surface area contributed by atoms with E-state index in [4.69, 9.17) is 0 Å². The van der Waals surface area contributed by atoms with Gasteiger partial charge < -0.3 is 10.2 Å². The van der Waals surface area contributed by atoms with Crippen molar-refractivity contribution >= 4 is 11.8 Å². The first-order valence-electron chi connectivity index (χ1n) is 8.86. The molecule has 1 aliphatic rings. The first-order valence-corrected chi connectivity index (χ1v) is 8.86. The Morgan fingerprint density at radius 2 is 2.08 bits per heavy atom. The van der Waals surface area contributed by atoms with E-state index < -0.39 is 0 Å². The SMILES string of the molecule is CC[C@@H](C(=O)NCCc1ccn(-c2ccccc2)n1)N1CCCC1=O. The molecule has 2 amide bonds. The highest BCUT2D eigenvalue weighted by molar-refractivity contribution is 5.88. The minimum Gasteiger partial charge on any atom is -0.354 e. The molecule has 1 fully saturated rings. The van der Waals surface area contributed by atoms with Gasteiger partial charge in [0.2, 0.25) is 11.8 Å². The van der Waals surface area contributed by atoms with Crippen molar-refractivity contribution in [1.29, 1.82) is 0 Å². The Kier molecular flexibility index (Phi) is 5.48. The predicted octanol–water partition coefficient (Wildman–Crippen LogP) is 1.93. The van der Waals surface area contributed by atoms with Gasteiger partial charge in [-0.05, 0) is 31.0 Å². The fourth-order valence-electron chi connectivity index (χ4n) is 3.20. The van der Waals surface area contributed by atoms with Gasteiger partial charge >= 0.3 is 0 Å². The van der Waals surface area contributed by atoms with Crippen LogP contribution in [0.15, 0.2) is 42.6 Å². The molecular formula is C19H24N4O2. The minimum absolute atomic E-state index is 0.0692. The smallest absolute Gasteiger partial charge is 0.242 e. The first kappa shape index (κ1) is 17.2. The number of nitrogens with one attached hydrogen (secondary N) is 1. The van der Waals surface area contributed by atoms with E-state index in [1.165, 1.54) is 0 Å².